The second kappa shape index (κ2) is 5.29. The van der Waals surface area contributed by atoms with Crippen LogP contribution in [0.15, 0.2) is 18.2 Å². The zero-order valence-corrected chi connectivity index (χ0v) is 12.7. The number of fused-ring (bicyclic) bond motifs is 1. The van der Waals surface area contributed by atoms with Gasteiger partial charge in [0.1, 0.15) is 0 Å². The number of nitrogens with one attached hydrogen (secondary N) is 1. The molecule has 19 heavy (non-hydrogen) atoms. The van der Waals surface area contributed by atoms with Gasteiger partial charge in [0.05, 0.1) is 16.1 Å². The largest absolute Gasteiger partial charge is 0.329 e. The Labute approximate surface area is 123 Å². The minimum absolute atomic E-state index is 0.526. The van der Waals surface area contributed by atoms with Crippen LogP contribution in [0.4, 0.5) is 0 Å². The summed E-state index contributed by atoms with van der Waals surface area (Å²) in [5.41, 5.74) is 2.14. The van der Waals surface area contributed by atoms with Gasteiger partial charge in [-0.3, -0.25) is 0 Å². The lowest BCUT2D eigenvalue weighted by Crippen LogP contribution is -2.22. The van der Waals surface area contributed by atoms with E-state index >= 15 is 0 Å². The van der Waals surface area contributed by atoms with Crippen molar-refractivity contribution in [2.45, 2.75) is 45.1 Å². The topological polar surface area (TPSA) is 20.7 Å². The number of halogens is 1. The van der Waals surface area contributed by atoms with Gasteiger partial charge < -0.3 is 9.55 Å². The summed E-state index contributed by atoms with van der Waals surface area (Å²) in [5.74, 6) is 0.735. The Bertz CT molecular complexity index is 643. The van der Waals surface area contributed by atoms with Crippen LogP contribution in [0.5, 0.6) is 0 Å². The summed E-state index contributed by atoms with van der Waals surface area (Å²) in [7, 11) is 0. The van der Waals surface area contributed by atoms with Crippen molar-refractivity contribution in [3.05, 3.63) is 28.0 Å². The van der Waals surface area contributed by atoms with Gasteiger partial charge in [0, 0.05) is 6.04 Å². The van der Waals surface area contributed by atoms with E-state index in [0.717, 1.165) is 26.7 Å². The molecular weight excluding hydrogens is 276 g/mol. The van der Waals surface area contributed by atoms with Crippen LogP contribution in [0.1, 0.15) is 45.1 Å². The highest BCUT2D eigenvalue weighted by atomic mass is 35.5. The molecule has 4 heteroatoms. The van der Waals surface area contributed by atoms with Gasteiger partial charge in [-0.25, -0.2) is 0 Å². The second-order valence-corrected chi connectivity index (χ2v) is 6.25. The predicted octanol–water partition coefficient (Wildman–Crippen LogP) is 5.49. The van der Waals surface area contributed by atoms with Gasteiger partial charge in [0.15, 0.2) is 4.77 Å². The second-order valence-electron chi connectivity index (χ2n) is 5.45. The van der Waals surface area contributed by atoms with Crippen molar-refractivity contribution in [1.82, 2.24) is 9.55 Å². The normalized spacial score (nSPS) is 23.9. The zero-order valence-electron chi connectivity index (χ0n) is 11.2. The first kappa shape index (κ1) is 13.2. The number of H-pyrrole nitrogens is 1. The summed E-state index contributed by atoms with van der Waals surface area (Å²) in [6.45, 7) is 2.29. The molecule has 2 unspecified atom stereocenters. The fourth-order valence-electron chi connectivity index (χ4n) is 3.45. The van der Waals surface area contributed by atoms with Crippen molar-refractivity contribution in [3.8, 4) is 0 Å². The molecule has 0 radical (unpaired) electrons. The molecule has 1 aromatic heterocycles. The number of rotatable bonds is 2. The van der Waals surface area contributed by atoms with Crippen LogP contribution >= 0.6 is 23.8 Å². The van der Waals surface area contributed by atoms with Gasteiger partial charge in [-0.1, -0.05) is 43.9 Å². The highest BCUT2D eigenvalue weighted by molar-refractivity contribution is 7.71. The van der Waals surface area contributed by atoms with E-state index in [1.165, 1.54) is 32.1 Å². The fraction of sp³-hybridized carbons (Fsp3) is 0.533. The monoisotopic (exact) mass is 294 g/mol. The molecule has 1 fully saturated rings. The first-order valence-corrected chi connectivity index (χ1v) is 7.89. The maximum atomic E-state index is 6.26. The van der Waals surface area contributed by atoms with Crippen LogP contribution in [0, 0.1) is 10.7 Å². The number of para-hydroxylation sites is 1. The zero-order chi connectivity index (χ0) is 13.4. The fourth-order valence-corrected chi connectivity index (χ4v) is 4.00. The van der Waals surface area contributed by atoms with Crippen LogP contribution in [0.3, 0.4) is 0 Å². The molecule has 102 valence electrons. The van der Waals surface area contributed by atoms with Crippen LogP contribution < -0.4 is 0 Å². The van der Waals surface area contributed by atoms with E-state index in [-0.39, 0.29) is 0 Å². The number of hydrogen-bond acceptors (Lipinski definition) is 1. The van der Waals surface area contributed by atoms with Gasteiger partial charge in [-0.2, -0.15) is 0 Å². The van der Waals surface area contributed by atoms with Crippen molar-refractivity contribution < 1.29 is 0 Å². The maximum absolute atomic E-state index is 6.26. The molecule has 1 heterocycles. The van der Waals surface area contributed by atoms with Gasteiger partial charge in [0.2, 0.25) is 0 Å². The molecule has 0 saturated heterocycles. The van der Waals surface area contributed by atoms with Crippen molar-refractivity contribution >= 4 is 34.9 Å². The molecule has 2 aromatic rings. The maximum Gasteiger partial charge on any atom is 0.178 e. The Hall–Kier alpha value is -0.800. The molecule has 0 bridgehead atoms. The number of aromatic amines is 1. The van der Waals surface area contributed by atoms with E-state index < -0.39 is 0 Å². The molecule has 1 saturated carbocycles. The molecular formula is C15H19ClN2S. The first-order valence-electron chi connectivity index (χ1n) is 7.11. The molecule has 0 spiro atoms. The highest BCUT2D eigenvalue weighted by Crippen LogP contribution is 2.38. The number of hydrogen-bond donors (Lipinski definition) is 1. The van der Waals surface area contributed by atoms with Crippen molar-refractivity contribution in [3.63, 3.8) is 0 Å². The third kappa shape index (κ3) is 2.23. The van der Waals surface area contributed by atoms with Crippen LogP contribution in [-0.4, -0.2) is 9.55 Å². The summed E-state index contributed by atoms with van der Waals surface area (Å²) >= 11 is 11.8. The van der Waals surface area contributed by atoms with E-state index in [4.69, 9.17) is 23.8 Å². The number of benzene rings is 1. The van der Waals surface area contributed by atoms with E-state index in [1.807, 2.05) is 12.1 Å². The first-order chi connectivity index (χ1) is 9.22. The van der Waals surface area contributed by atoms with E-state index in [1.54, 1.807) is 0 Å². The average molecular weight is 295 g/mol. The van der Waals surface area contributed by atoms with Crippen LogP contribution in [0.25, 0.3) is 11.0 Å². The molecule has 0 aliphatic heterocycles. The Kier molecular flexibility index (Phi) is 3.68. The lowest BCUT2D eigenvalue weighted by Gasteiger charge is -2.32. The van der Waals surface area contributed by atoms with Gasteiger partial charge >= 0.3 is 0 Å². The Morgan fingerprint density at radius 2 is 2.16 bits per heavy atom. The number of aromatic nitrogens is 2. The Morgan fingerprint density at radius 1 is 1.37 bits per heavy atom. The van der Waals surface area contributed by atoms with E-state index in [2.05, 4.69) is 22.5 Å². The molecule has 1 aliphatic rings. The summed E-state index contributed by atoms with van der Waals surface area (Å²) in [6, 6.07) is 6.57. The van der Waals surface area contributed by atoms with Crippen LogP contribution in [0.2, 0.25) is 5.02 Å². The standard InChI is InChI=1S/C15H19ClN2S/c1-2-10-6-3-4-8-12(10)18-13-9-5-7-11(16)14(13)17-15(18)19/h5,7,9-10,12H,2-4,6,8H2,1H3,(H,17,19). The van der Waals surface area contributed by atoms with Crippen molar-refractivity contribution in [2.24, 2.45) is 5.92 Å². The minimum Gasteiger partial charge on any atom is -0.329 e. The summed E-state index contributed by atoms with van der Waals surface area (Å²) in [6.07, 6.45) is 6.42. The highest BCUT2D eigenvalue weighted by Gasteiger charge is 2.27. The molecule has 1 aliphatic carbocycles. The minimum atomic E-state index is 0.526. The summed E-state index contributed by atoms with van der Waals surface area (Å²) in [5, 5.41) is 0.756. The molecule has 2 atom stereocenters. The van der Waals surface area contributed by atoms with Crippen molar-refractivity contribution in [1.29, 1.82) is 0 Å². The van der Waals surface area contributed by atoms with Gasteiger partial charge in [-0.15, -0.1) is 0 Å². The lowest BCUT2D eigenvalue weighted by molar-refractivity contribution is 0.235. The summed E-state index contributed by atoms with van der Waals surface area (Å²) in [4.78, 5) is 3.28. The molecule has 2 nitrogen and oxygen atoms in total. The summed E-state index contributed by atoms with van der Waals surface area (Å²) < 4.78 is 3.12. The van der Waals surface area contributed by atoms with E-state index in [0.29, 0.717) is 6.04 Å². The smallest absolute Gasteiger partial charge is 0.178 e. The van der Waals surface area contributed by atoms with Gasteiger partial charge in [0.25, 0.3) is 0 Å². The molecule has 1 N–H and O–H groups in total. The third-order valence-corrected chi connectivity index (χ3v) is 5.04. The third-order valence-electron chi connectivity index (χ3n) is 4.43. The SMILES string of the molecule is CCC1CCCCC1n1c(=S)[nH]c2c(Cl)cccc21. The number of nitrogens with zero attached hydrogens (tertiary/aromatic N) is 1. The quantitative estimate of drug-likeness (QED) is 0.726. The molecule has 1 aromatic carbocycles. The van der Waals surface area contributed by atoms with Crippen molar-refractivity contribution in [2.75, 3.05) is 0 Å². The van der Waals surface area contributed by atoms with E-state index in [9.17, 15) is 0 Å². The van der Waals surface area contributed by atoms with Crippen LogP contribution in [-0.2, 0) is 0 Å². The molecule has 0 amide bonds. The Morgan fingerprint density at radius 3 is 2.95 bits per heavy atom. The lowest BCUT2D eigenvalue weighted by atomic mass is 9.82. The predicted molar refractivity (Wildman–Crippen MR) is 83.4 cm³/mol. The van der Waals surface area contributed by atoms with Gasteiger partial charge in [-0.05, 0) is 43.1 Å². The molecule has 3 rings (SSSR count). The Balaban J connectivity index is 2.16. The number of imidazole rings is 1. The average Bonchev–Trinajstić information content (AvgIpc) is 2.76.